The minimum Gasteiger partial charge on any atom is -0.294 e. The van der Waals surface area contributed by atoms with Gasteiger partial charge in [0.1, 0.15) is 0 Å². The zero-order valence-electron chi connectivity index (χ0n) is 10.3. The van der Waals surface area contributed by atoms with Crippen LogP contribution in [0.3, 0.4) is 0 Å². The maximum Gasteiger partial charge on any atom is 0.163 e. The van der Waals surface area contributed by atoms with Crippen LogP contribution in [0.5, 0.6) is 0 Å². The number of Topliss-reactive ketones (excluding diaryl/α,β-unsaturated/α-hetero) is 1. The average molecular weight is 204 g/mol. The van der Waals surface area contributed by atoms with Crippen molar-refractivity contribution in [2.45, 2.75) is 41.0 Å². The number of aryl methyl sites for hydroxylation is 2. The molecule has 1 heteroatoms. The third-order valence-electron chi connectivity index (χ3n) is 2.23. The number of hydrogen-bond donors (Lipinski definition) is 0. The minimum absolute atomic E-state index is 0.0642. The van der Waals surface area contributed by atoms with Crippen molar-refractivity contribution in [2.75, 3.05) is 0 Å². The summed E-state index contributed by atoms with van der Waals surface area (Å²) in [5.41, 5.74) is 3.23. The maximum atomic E-state index is 12.0. The monoisotopic (exact) mass is 204 g/mol. The Morgan fingerprint density at radius 1 is 1.07 bits per heavy atom. The van der Waals surface area contributed by atoms with E-state index >= 15 is 0 Å². The van der Waals surface area contributed by atoms with Crippen LogP contribution < -0.4 is 0 Å². The quantitative estimate of drug-likeness (QED) is 0.667. The van der Waals surface area contributed by atoms with Gasteiger partial charge in [-0.1, -0.05) is 38.0 Å². The molecule has 0 heterocycles. The molecule has 0 unspecified atom stereocenters. The van der Waals surface area contributed by atoms with Crippen molar-refractivity contribution < 1.29 is 4.79 Å². The van der Waals surface area contributed by atoms with Crippen molar-refractivity contribution >= 4 is 5.78 Å². The highest BCUT2D eigenvalue weighted by Gasteiger charge is 2.17. The van der Waals surface area contributed by atoms with E-state index in [9.17, 15) is 4.79 Å². The summed E-state index contributed by atoms with van der Waals surface area (Å²) in [6, 6.07) is 6.04. The molecule has 0 saturated heterocycles. The van der Waals surface area contributed by atoms with Gasteiger partial charge in [-0.25, -0.2) is 0 Å². The summed E-state index contributed by atoms with van der Waals surface area (Å²) in [4.78, 5) is 12.0. The first-order valence-electron chi connectivity index (χ1n) is 5.39. The molecule has 82 valence electrons. The van der Waals surface area contributed by atoms with Crippen molar-refractivity contribution in [2.24, 2.45) is 5.41 Å². The number of rotatable bonds is 2. The fraction of sp³-hybridized carbons (Fsp3) is 0.500. The van der Waals surface area contributed by atoms with Gasteiger partial charge in [0, 0.05) is 12.0 Å². The summed E-state index contributed by atoms with van der Waals surface area (Å²) in [7, 11) is 0. The van der Waals surface area contributed by atoms with Crippen LogP contribution in [0, 0.1) is 19.3 Å². The Bertz CT molecular complexity index is 349. The summed E-state index contributed by atoms with van der Waals surface area (Å²) in [6.07, 6.45) is 0.607. The number of benzene rings is 1. The van der Waals surface area contributed by atoms with Gasteiger partial charge in [0.2, 0.25) is 0 Å². The molecule has 0 radical (unpaired) electrons. The van der Waals surface area contributed by atoms with Crippen molar-refractivity contribution in [3.63, 3.8) is 0 Å². The number of hydrogen-bond acceptors (Lipinski definition) is 1. The second-order valence-electron chi connectivity index (χ2n) is 5.54. The fourth-order valence-electron chi connectivity index (χ4n) is 1.72. The minimum atomic E-state index is 0.0642. The Morgan fingerprint density at radius 3 is 1.93 bits per heavy atom. The van der Waals surface area contributed by atoms with Crippen LogP contribution in [-0.2, 0) is 0 Å². The lowest BCUT2D eigenvalue weighted by Crippen LogP contribution is -2.13. The highest BCUT2D eigenvalue weighted by molar-refractivity contribution is 5.96. The summed E-state index contributed by atoms with van der Waals surface area (Å²) in [6.45, 7) is 10.3. The molecule has 1 rings (SSSR count). The van der Waals surface area contributed by atoms with Crippen LogP contribution in [0.25, 0.3) is 0 Å². The second kappa shape index (κ2) is 4.18. The number of ketones is 1. The Balaban J connectivity index is 2.92. The molecule has 0 N–H and O–H groups in total. The Labute approximate surface area is 92.5 Å². The Hall–Kier alpha value is -1.11. The van der Waals surface area contributed by atoms with Gasteiger partial charge in [-0.3, -0.25) is 4.79 Å². The van der Waals surface area contributed by atoms with Crippen LogP contribution in [0.15, 0.2) is 18.2 Å². The van der Waals surface area contributed by atoms with Crippen LogP contribution in [-0.4, -0.2) is 5.78 Å². The van der Waals surface area contributed by atoms with Gasteiger partial charge in [-0.2, -0.15) is 0 Å². The van der Waals surface area contributed by atoms with E-state index in [0.717, 1.165) is 16.7 Å². The SMILES string of the molecule is Cc1cc(C)cc(C(=O)CC(C)(C)C)c1. The van der Waals surface area contributed by atoms with E-state index in [2.05, 4.69) is 26.8 Å². The zero-order valence-corrected chi connectivity index (χ0v) is 10.3. The first kappa shape index (κ1) is 12.0. The van der Waals surface area contributed by atoms with E-state index in [-0.39, 0.29) is 11.2 Å². The third kappa shape index (κ3) is 3.86. The molecule has 1 nitrogen and oxygen atoms in total. The van der Waals surface area contributed by atoms with Gasteiger partial charge >= 0.3 is 0 Å². The Morgan fingerprint density at radius 2 is 1.53 bits per heavy atom. The van der Waals surface area contributed by atoms with Gasteiger partial charge in [-0.05, 0) is 31.4 Å². The van der Waals surface area contributed by atoms with E-state index in [4.69, 9.17) is 0 Å². The van der Waals surface area contributed by atoms with Crippen LogP contribution >= 0.6 is 0 Å². The normalized spacial score (nSPS) is 11.5. The van der Waals surface area contributed by atoms with Crippen LogP contribution in [0.1, 0.15) is 48.7 Å². The van der Waals surface area contributed by atoms with Crippen molar-refractivity contribution in [1.82, 2.24) is 0 Å². The van der Waals surface area contributed by atoms with E-state index in [1.165, 1.54) is 0 Å². The summed E-state index contributed by atoms with van der Waals surface area (Å²) >= 11 is 0. The Kier molecular flexibility index (Phi) is 3.33. The molecular weight excluding hydrogens is 184 g/mol. The van der Waals surface area contributed by atoms with E-state index < -0.39 is 0 Å². The molecule has 0 saturated carbocycles. The van der Waals surface area contributed by atoms with Crippen molar-refractivity contribution in [3.05, 3.63) is 34.9 Å². The summed E-state index contributed by atoms with van der Waals surface area (Å²) in [5, 5.41) is 0. The molecular formula is C14H20O. The molecule has 1 aromatic carbocycles. The smallest absolute Gasteiger partial charge is 0.163 e. The van der Waals surface area contributed by atoms with E-state index in [1.54, 1.807) is 0 Å². The lowest BCUT2D eigenvalue weighted by atomic mass is 9.87. The van der Waals surface area contributed by atoms with E-state index in [0.29, 0.717) is 6.42 Å². The standard InChI is InChI=1S/C14H20O/c1-10-6-11(2)8-12(7-10)13(15)9-14(3,4)5/h6-8H,9H2,1-5H3. The molecule has 0 aliphatic rings. The first-order valence-corrected chi connectivity index (χ1v) is 5.39. The summed E-state index contributed by atoms with van der Waals surface area (Å²) < 4.78 is 0. The first-order chi connectivity index (χ1) is 6.78. The van der Waals surface area contributed by atoms with Gasteiger partial charge in [0.25, 0.3) is 0 Å². The zero-order chi connectivity index (χ0) is 11.6. The summed E-state index contributed by atoms with van der Waals surface area (Å²) in [5.74, 6) is 0.245. The predicted octanol–water partition coefficient (Wildman–Crippen LogP) is 3.92. The maximum absolute atomic E-state index is 12.0. The molecule has 0 amide bonds. The third-order valence-corrected chi connectivity index (χ3v) is 2.23. The fourth-order valence-corrected chi connectivity index (χ4v) is 1.72. The van der Waals surface area contributed by atoms with Gasteiger partial charge < -0.3 is 0 Å². The van der Waals surface area contributed by atoms with Crippen molar-refractivity contribution in [3.8, 4) is 0 Å². The number of carbonyl (C=O) groups excluding carboxylic acids is 1. The van der Waals surface area contributed by atoms with Gasteiger partial charge in [0.05, 0.1) is 0 Å². The lowest BCUT2D eigenvalue weighted by Gasteiger charge is -2.17. The average Bonchev–Trinajstić information content (AvgIpc) is 1.98. The van der Waals surface area contributed by atoms with Gasteiger partial charge in [0.15, 0.2) is 5.78 Å². The molecule has 0 aliphatic heterocycles. The molecule has 0 atom stereocenters. The molecule has 0 aromatic heterocycles. The molecule has 0 fully saturated rings. The number of carbonyl (C=O) groups is 1. The molecule has 0 spiro atoms. The largest absolute Gasteiger partial charge is 0.294 e. The van der Waals surface area contributed by atoms with Crippen LogP contribution in [0.2, 0.25) is 0 Å². The molecule has 1 aromatic rings. The second-order valence-corrected chi connectivity index (χ2v) is 5.54. The van der Waals surface area contributed by atoms with Crippen LogP contribution in [0.4, 0.5) is 0 Å². The predicted molar refractivity (Wildman–Crippen MR) is 64.3 cm³/mol. The van der Waals surface area contributed by atoms with E-state index in [1.807, 2.05) is 26.0 Å². The molecule has 0 bridgehead atoms. The van der Waals surface area contributed by atoms with Crippen molar-refractivity contribution in [1.29, 1.82) is 0 Å². The topological polar surface area (TPSA) is 17.1 Å². The molecule has 15 heavy (non-hydrogen) atoms. The highest BCUT2D eigenvalue weighted by atomic mass is 16.1. The van der Waals surface area contributed by atoms with Gasteiger partial charge in [-0.15, -0.1) is 0 Å². The molecule has 0 aliphatic carbocycles. The lowest BCUT2D eigenvalue weighted by molar-refractivity contribution is 0.0939. The highest BCUT2D eigenvalue weighted by Crippen LogP contribution is 2.22.